The van der Waals surface area contributed by atoms with E-state index in [0.29, 0.717) is 30.0 Å². The van der Waals surface area contributed by atoms with Crippen molar-refractivity contribution in [3.63, 3.8) is 0 Å². The molecule has 0 saturated carbocycles. The zero-order chi connectivity index (χ0) is 19.2. The topological polar surface area (TPSA) is 67.9 Å². The van der Waals surface area contributed by atoms with Crippen LogP contribution in [-0.4, -0.2) is 36.6 Å². The molecule has 27 heavy (non-hydrogen) atoms. The first-order chi connectivity index (χ1) is 13.0. The van der Waals surface area contributed by atoms with Gasteiger partial charge in [0.2, 0.25) is 18.6 Å². The zero-order valence-electron chi connectivity index (χ0n) is 15.0. The van der Waals surface area contributed by atoms with Crippen LogP contribution in [0.5, 0.6) is 11.5 Å². The molecule has 0 spiro atoms. The summed E-state index contributed by atoms with van der Waals surface area (Å²) >= 11 is 0. The van der Waals surface area contributed by atoms with Gasteiger partial charge in [0.25, 0.3) is 0 Å². The van der Waals surface area contributed by atoms with Crippen molar-refractivity contribution in [3.8, 4) is 11.5 Å². The van der Waals surface area contributed by atoms with Crippen molar-refractivity contribution in [2.75, 3.05) is 19.9 Å². The lowest BCUT2D eigenvalue weighted by Gasteiger charge is -2.21. The van der Waals surface area contributed by atoms with Crippen LogP contribution in [0.25, 0.3) is 0 Å². The number of nitrogens with zero attached hydrogens (tertiary/aromatic N) is 1. The molecule has 3 rings (SSSR count). The molecule has 0 unspecified atom stereocenters. The highest BCUT2D eigenvalue weighted by Crippen LogP contribution is 2.32. The number of ether oxygens (including phenoxy) is 2. The van der Waals surface area contributed by atoms with Crippen molar-refractivity contribution in [1.29, 1.82) is 0 Å². The molecule has 6 nitrogen and oxygen atoms in total. The minimum absolute atomic E-state index is 0.0684. The number of fused-ring (bicyclic) bond motifs is 1. The molecule has 0 radical (unpaired) electrons. The molecule has 0 aliphatic carbocycles. The molecule has 1 aliphatic heterocycles. The average Bonchev–Trinajstić information content (AvgIpc) is 3.10. The van der Waals surface area contributed by atoms with Crippen molar-refractivity contribution in [1.82, 2.24) is 10.2 Å². The highest BCUT2D eigenvalue weighted by Gasteiger charge is 2.17. The van der Waals surface area contributed by atoms with E-state index in [2.05, 4.69) is 5.32 Å². The molecule has 1 heterocycles. The smallest absolute Gasteiger partial charge is 0.239 e. The van der Waals surface area contributed by atoms with Crippen molar-refractivity contribution in [3.05, 3.63) is 59.4 Å². The summed E-state index contributed by atoms with van der Waals surface area (Å²) in [5, 5.41) is 2.73. The van der Waals surface area contributed by atoms with E-state index in [9.17, 15) is 14.0 Å². The Morgan fingerprint density at radius 3 is 2.70 bits per heavy atom. The molecule has 0 bridgehead atoms. The van der Waals surface area contributed by atoms with Gasteiger partial charge in [0, 0.05) is 20.0 Å². The number of hydrogen-bond donors (Lipinski definition) is 1. The van der Waals surface area contributed by atoms with Crippen LogP contribution in [0.4, 0.5) is 4.39 Å². The van der Waals surface area contributed by atoms with E-state index in [1.165, 1.54) is 17.9 Å². The fourth-order valence-corrected chi connectivity index (χ4v) is 2.81. The Bertz CT molecular complexity index is 840. The number of benzene rings is 2. The predicted octanol–water partition coefficient (Wildman–Crippen LogP) is 2.26. The fourth-order valence-electron chi connectivity index (χ4n) is 2.81. The number of rotatable bonds is 7. The second-order valence-electron chi connectivity index (χ2n) is 6.25. The van der Waals surface area contributed by atoms with Crippen molar-refractivity contribution in [2.45, 2.75) is 19.9 Å². The Balaban J connectivity index is 1.52. The third-order valence-corrected chi connectivity index (χ3v) is 4.26. The van der Waals surface area contributed by atoms with E-state index >= 15 is 0 Å². The average molecular weight is 372 g/mol. The van der Waals surface area contributed by atoms with Crippen LogP contribution in [0.2, 0.25) is 0 Å². The summed E-state index contributed by atoms with van der Waals surface area (Å²) in [4.78, 5) is 25.5. The van der Waals surface area contributed by atoms with Crippen LogP contribution in [-0.2, 0) is 22.6 Å². The number of carbonyl (C=O) groups excluding carboxylic acids is 2. The standard InChI is InChI=1S/C20H21FN2O4/c1-14(24)23(11-15-6-7-18-19(10-15)27-13-26-18)12-20(25)22-9-8-16-4-2-3-5-17(16)21/h2-7,10H,8-9,11-13H2,1H3,(H,22,25). The monoisotopic (exact) mass is 372 g/mol. The molecule has 142 valence electrons. The Hall–Kier alpha value is -3.09. The number of nitrogens with one attached hydrogen (secondary N) is 1. The predicted molar refractivity (Wildman–Crippen MR) is 96.8 cm³/mol. The van der Waals surface area contributed by atoms with Crippen molar-refractivity contribution >= 4 is 11.8 Å². The summed E-state index contributed by atoms with van der Waals surface area (Å²) in [6, 6.07) is 11.9. The maximum Gasteiger partial charge on any atom is 0.239 e. The van der Waals surface area contributed by atoms with Gasteiger partial charge in [0.1, 0.15) is 5.82 Å². The normalized spacial score (nSPS) is 11.9. The second-order valence-corrected chi connectivity index (χ2v) is 6.25. The molecule has 1 aliphatic rings. The number of hydrogen-bond acceptors (Lipinski definition) is 4. The van der Waals surface area contributed by atoms with Gasteiger partial charge in [-0.05, 0) is 35.7 Å². The Morgan fingerprint density at radius 1 is 1.15 bits per heavy atom. The van der Waals surface area contributed by atoms with Gasteiger partial charge < -0.3 is 19.7 Å². The highest BCUT2D eigenvalue weighted by atomic mass is 19.1. The van der Waals surface area contributed by atoms with E-state index in [1.807, 2.05) is 6.07 Å². The van der Waals surface area contributed by atoms with Gasteiger partial charge in [-0.25, -0.2) is 4.39 Å². The largest absolute Gasteiger partial charge is 0.454 e. The molecule has 0 atom stereocenters. The maximum atomic E-state index is 13.6. The molecule has 7 heteroatoms. The molecule has 0 fully saturated rings. The molecule has 2 aromatic rings. The summed E-state index contributed by atoms with van der Waals surface area (Å²) in [6.07, 6.45) is 0.390. The lowest BCUT2D eigenvalue weighted by Crippen LogP contribution is -2.40. The fraction of sp³-hybridized carbons (Fsp3) is 0.300. The minimum Gasteiger partial charge on any atom is -0.454 e. The highest BCUT2D eigenvalue weighted by molar-refractivity contribution is 5.83. The third kappa shape index (κ3) is 4.97. The lowest BCUT2D eigenvalue weighted by atomic mass is 10.1. The Morgan fingerprint density at radius 2 is 1.93 bits per heavy atom. The Kier molecular flexibility index (Phi) is 5.90. The molecule has 0 saturated heterocycles. The van der Waals surface area contributed by atoms with Crippen LogP contribution in [0.3, 0.4) is 0 Å². The van der Waals surface area contributed by atoms with Crippen LogP contribution in [0, 0.1) is 5.82 Å². The first-order valence-corrected chi connectivity index (χ1v) is 8.67. The molecule has 2 amide bonds. The van der Waals surface area contributed by atoms with Gasteiger partial charge in [-0.3, -0.25) is 9.59 Å². The molecule has 1 N–H and O–H groups in total. The maximum absolute atomic E-state index is 13.6. The van der Waals surface area contributed by atoms with Crippen LogP contribution in [0.15, 0.2) is 42.5 Å². The second kappa shape index (κ2) is 8.53. The van der Waals surface area contributed by atoms with Crippen molar-refractivity contribution < 1.29 is 23.5 Å². The first-order valence-electron chi connectivity index (χ1n) is 8.67. The molecule has 2 aromatic carbocycles. The SMILES string of the molecule is CC(=O)N(CC(=O)NCCc1ccccc1F)Cc1ccc2c(c1)OCO2. The summed E-state index contributed by atoms with van der Waals surface area (Å²) in [6.45, 7) is 2.11. The van der Waals surface area contributed by atoms with Gasteiger partial charge >= 0.3 is 0 Å². The lowest BCUT2D eigenvalue weighted by molar-refractivity contribution is -0.134. The summed E-state index contributed by atoms with van der Waals surface area (Å²) in [5.41, 5.74) is 1.38. The van der Waals surface area contributed by atoms with E-state index in [1.54, 1.807) is 30.3 Å². The number of carbonyl (C=O) groups is 2. The quantitative estimate of drug-likeness (QED) is 0.810. The van der Waals surface area contributed by atoms with Gasteiger partial charge in [-0.15, -0.1) is 0 Å². The minimum atomic E-state index is -0.292. The van der Waals surface area contributed by atoms with Gasteiger partial charge in [-0.2, -0.15) is 0 Å². The first kappa shape index (κ1) is 18.7. The number of halogens is 1. The summed E-state index contributed by atoms with van der Waals surface area (Å²) < 4.78 is 24.2. The summed E-state index contributed by atoms with van der Waals surface area (Å²) in [7, 11) is 0. The molecule has 0 aromatic heterocycles. The van der Waals surface area contributed by atoms with Gasteiger partial charge in [-0.1, -0.05) is 24.3 Å². The van der Waals surface area contributed by atoms with Gasteiger partial charge in [0.05, 0.1) is 6.54 Å². The van der Waals surface area contributed by atoms with Crippen LogP contribution < -0.4 is 14.8 Å². The Labute approximate surface area is 156 Å². The van der Waals surface area contributed by atoms with E-state index in [4.69, 9.17) is 9.47 Å². The van der Waals surface area contributed by atoms with Crippen LogP contribution >= 0.6 is 0 Å². The number of amides is 2. The van der Waals surface area contributed by atoms with E-state index in [0.717, 1.165) is 5.56 Å². The molecular formula is C20H21FN2O4. The third-order valence-electron chi connectivity index (χ3n) is 4.26. The van der Waals surface area contributed by atoms with E-state index in [-0.39, 0.29) is 37.5 Å². The summed E-state index contributed by atoms with van der Waals surface area (Å²) in [5.74, 6) is 0.503. The van der Waals surface area contributed by atoms with Crippen molar-refractivity contribution in [2.24, 2.45) is 0 Å². The van der Waals surface area contributed by atoms with Gasteiger partial charge in [0.15, 0.2) is 11.5 Å². The molecular weight excluding hydrogens is 351 g/mol. The van der Waals surface area contributed by atoms with Crippen LogP contribution in [0.1, 0.15) is 18.1 Å². The zero-order valence-corrected chi connectivity index (χ0v) is 15.0. The van der Waals surface area contributed by atoms with E-state index < -0.39 is 0 Å².